The zero-order valence-corrected chi connectivity index (χ0v) is 10.1. The molecule has 7 nitrogen and oxygen atoms in total. The second-order valence-electron chi connectivity index (χ2n) is 3.93. The largest absolute Gasteiger partial charge is 0.328 e. The molecule has 0 saturated carbocycles. The average Bonchev–Trinajstić information content (AvgIpc) is 2.95. The van der Waals surface area contributed by atoms with Crippen molar-refractivity contribution < 1.29 is 0 Å². The van der Waals surface area contributed by atoms with Gasteiger partial charge >= 0.3 is 0 Å². The quantitative estimate of drug-likeness (QED) is 0.679. The van der Waals surface area contributed by atoms with Gasteiger partial charge in [-0.1, -0.05) is 0 Å². The van der Waals surface area contributed by atoms with Gasteiger partial charge in [-0.15, -0.1) is 5.10 Å². The van der Waals surface area contributed by atoms with E-state index in [-0.39, 0.29) is 0 Å². The van der Waals surface area contributed by atoms with Crippen LogP contribution in [0.3, 0.4) is 0 Å². The van der Waals surface area contributed by atoms with Crippen LogP contribution in [0.5, 0.6) is 0 Å². The lowest BCUT2D eigenvalue weighted by atomic mass is 10.2. The van der Waals surface area contributed by atoms with E-state index < -0.39 is 0 Å². The molecular formula is C12H9N7. The number of hydrogen-bond acceptors (Lipinski definition) is 6. The molecule has 0 aliphatic heterocycles. The normalized spacial score (nSPS) is 10.3. The second-order valence-corrected chi connectivity index (χ2v) is 3.93. The van der Waals surface area contributed by atoms with Gasteiger partial charge in [0.15, 0.2) is 11.5 Å². The lowest BCUT2D eigenvalue weighted by molar-refractivity contribution is 0.813. The van der Waals surface area contributed by atoms with E-state index in [1.165, 1.54) is 0 Å². The van der Waals surface area contributed by atoms with Gasteiger partial charge in [-0.25, -0.2) is 0 Å². The zero-order chi connectivity index (χ0) is 13.2. The Hall–Kier alpha value is -3.01. The first-order valence-electron chi connectivity index (χ1n) is 5.55. The molecule has 1 aromatic carbocycles. The predicted molar refractivity (Wildman–Crippen MR) is 67.8 cm³/mol. The van der Waals surface area contributed by atoms with Crippen LogP contribution in [-0.4, -0.2) is 32.1 Å². The van der Waals surface area contributed by atoms with Gasteiger partial charge in [-0.3, -0.25) is 4.98 Å². The van der Waals surface area contributed by atoms with Crippen LogP contribution in [0.1, 0.15) is 5.56 Å². The van der Waals surface area contributed by atoms with Crippen molar-refractivity contribution in [2.45, 2.75) is 0 Å². The van der Waals surface area contributed by atoms with Crippen molar-refractivity contribution in [1.29, 1.82) is 5.26 Å². The first-order chi connectivity index (χ1) is 9.29. The van der Waals surface area contributed by atoms with E-state index in [9.17, 15) is 0 Å². The summed E-state index contributed by atoms with van der Waals surface area (Å²) in [5.41, 5.74) is 2.12. The van der Waals surface area contributed by atoms with Crippen LogP contribution in [0.25, 0.3) is 5.65 Å². The molecule has 3 rings (SSSR count). The van der Waals surface area contributed by atoms with Gasteiger partial charge in [-0.05, 0) is 34.7 Å². The fraction of sp³-hybridized carbons (Fsp3) is 0.0833. The number of benzene rings is 1. The van der Waals surface area contributed by atoms with Crippen molar-refractivity contribution in [3.8, 4) is 6.07 Å². The minimum Gasteiger partial charge on any atom is -0.328 e. The number of hydrogen-bond donors (Lipinski definition) is 0. The van der Waals surface area contributed by atoms with Crippen LogP contribution >= 0.6 is 0 Å². The SMILES string of the molecule is CN(c1ccc(C#N)cc1)c1cncc2nnnn12. The molecule has 0 amide bonds. The van der Waals surface area contributed by atoms with Crippen molar-refractivity contribution in [2.24, 2.45) is 0 Å². The van der Waals surface area contributed by atoms with E-state index in [2.05, 4.69) is 26.6 Å². The maximum absolute atomic E-state index is 8.79. The molecule has 19 heavy (non-hydrogen) atoms. The standard InChI is InChI=1S/C12H9N7/c1-18(10-4-2-9(6-13)3-5-10)12-8-14-7-11-15-16-17-19(11)12/h2-5,7-8H,1H3. The molecule has 0 atom stereocenters. The molecule has 0 fully saturated rings. The minimum absolute atomic E-state index is 0.581. The van der Waals surface area contributed by atoms with Crippen LogP contribution in [-0.2, 0) is 0 Å². The van der Waals surface area contributed by atoms with Crippen LogP contribution in [0.4, 0.5) is 11.5 Å². The first-order valence-corrected chi connectivity index (χ1v) is 5.55. The van der Waals surface area contributed by atoms with Gasteiger partial charge in [0.1, 0.15) is 0 Å². The Labute approximate surface area is 108 Å². The summed E-state index contributed by atoms with van der Waals surface area (Å²) < 4.78 is 1.60. The monoisotopic (exact) mass is 251 g/mol. The van der Waals surface area contributed by atoms with Crippen molar-refractivity contribution in [2.75, 3.05) is 11.9 Å². The molecule has 2 heterocycles. The highest BCUT2D eigenvalue weighted by molar-refractivity contribution is 5.61. The van der Waals surface area contributed by atoms with Gasteiger partial charge in [0, 0.05) is 12.7 Å². The van der Waals surface area contributed by atoms with Crippen molar-refractivity contribution in [1.82, 2.24) is 25.0 Å². The summed E-state index contributed by atoms with van der Waals surface area (Å²) in [6.45, 7) is 0. The van der Waals surface area contributed by atoms with E-state index in [0.717, 1.165) is 11.5 Å². The third kappa shape index (κ3) is 1.85. The van der Waals surface area contributed by atoms with Gasteiger partial charge in [0.05, 0.1) is 24.0 Å². The van der Waals surface area contributed by atoms with Crippen LogP contribution in [0, 0.1) is 11.3 Å². The van der Waals surface area contributed by atoms with E-state index in [0.29, 0.717) is 11.2 Å². The second kappa shape index (κ2) is 4.34. The number of rotatable bonds is 2. The number of nitriles is 1. The summed E-state index contributed by atoms with van der Waals surface area (Å²) >= 11 is 0. The van der Waals surface area contributed by atoms with Gasteiger partial charge < -0.3 is 4.90 Å². The smallest absolute Gasteiger partial charge is 0.199 e. The fourth-order valence-electron chi connectivity index (χ4n) is 1.78. The molecule has 2 aromatic heterocycles. The highest BCUT2D eigenvalue weighted by Crippen LogP contribution is 2.22. The van der Waals surface area contributed by atoms with Crippen molar-refractivity contribution in [3.05, 3.63) is 42.2 Å². The summed E-state index contributed by atoms with van der Waals surface area (Å²) in [6, 6.07) is 9.34. The van der Waals surface area contributed by atoms with Gasteiger partial charge in [0.2, 0.25) is 0 Å². The third-order valence-electron chi connectivity index (χ3n) is 2.82. The van der Waals surface area contributed by atoms with Crippen LogP contribution in [0.15, 0.2) is 36.7 Å². The highest BCUT2D eigenvalue weighted by atomic mass is 15.5. The lowest BCUT2D eigenvalue weighted by Gasteiger charge is -2.18. The Kier molecular flexibility index (Phi) is 2.54. The van der Waals surface area contributed by atoms with E-state index in [4.69, 9.17) is 5.26 Å². The molecular weight excluding hydrogens is 242 g/mol. The van der Waals surface area contributed by atoms with Crippen LogP contribution in [0.2, 0.25) is 0 Å². The molecule has 0 radical (unpaired) electrons. The summed E-state index contributed by atoms with van der Waals surface area (Å²) in [5, 5.41) is 20.2. The summed E-state index contributed by atoms with van der Waals surface area (Å²) in [6.07, 6.45) is 3.28. The van der Waals surface area contributed by atoms with Crippen LogP contribution < -0.4 is 4.90 Å². The fourth-order valence-corrected chi connectivity index (χ4v) is 1.78. The van der Waals surface area contributed by atoms with Gasteiger partial charge in [-0.2, -0.15) is 9.78 Å². The summed E-state index contributed by atoms with van der Waals surface area (Å²) in [4.78, 5) is 6.01. The van der Waals surface area contributed by atoms with Gasteiger partial charge in [0.25, 0.3) is 0 Å². The molecule has 0 aliphatic rings. The Bertz CT molecular complexity index is 754. The number of aromatic nitrogens is 5. The number of anilines is 2. The summed E-state index contributed by atoms with van der Waals surface area (Å²) in [7, 11) is 1.89. The molecule has 7 heteroatoms. The molecule has 0 unspecified atom stereocenters. The van der Waals surface area contributed by atoms with E-state index >= 15 is 0 Å². The van der Waals surface area contributed by atoms with E-state index in [1.807, 2.05) is 24.1 Å². The topological polar surface area (TPSA) is 83.0 Å². The lowest BCUT2D eigenvalue weighted by Crippen LogP contribution is -2.14. The number of tetrazole rings is 1. The number of fused-ring (bicyclic) bond motifs is 1. The number of nitrogens with zero attached hydrogens (tertiary/aromatic N) is 7. The average molecular weight is 251 g/mol. The third-order valence-corrected chi connectivity index (χ3v) is 2.82. The molecule has 92 valence electrons. The maximum atomic E-state index is 8.79. The van der Waals surface area contributed by atoms with E-state index in [1.54, 1.807) is 29.0 Å². The Balaban J connectivity index is 2.05. The van der Waals surface area contributed by atoms with Crippen molar-refractivity contribution >= 4 is 17.2 Å². The zero-order valence-electron chi connectivity index (χ0n) is 10.1. The Morgan fingerprint density at radius 2 is 2.00 bits per heavy atom. The predicted octanol–water partition coefficient (Wildman–Crippen LogP) is 1.16. The molecule has 0 saturated heterocycles. The first kappa shape index (κ1) is 11.1. The van der Waals surface area contributed by atoms with Crippen molar-refractivity contribution in [3.63, 3.8) is 0 Å². The Morgan fingerprint density at radius 3 is 2.74 bits per heavy atom. The molecule has 0 aliphatic carbocycles. The molecule has 0 spiro atoms. The maximum Gasteiger partial charge on any atom is 0.199 e. The minimum atomic E-state index is 0.581. The molecule has 0 N–H and O–H groups in total. The molecule has 3 aromatic rings. The molecule has 0 bridgehead atoms. The highest BCUT2D eigenvalue weighted by Gasteiger charge is 2.10. The Morgan fingerprint density at radius 1 is 1.21 bits per heavy atom. The summed E-state index contributed by atoms with van der Waals surface area (Å²) in [5.74, 6) is 0.743.